The summed E-state index contributed by atoms with van der Waals surface area (Å²) in [7, 11) is 1.71. The molecule has 2 aliphatic carbocycles. The molecule has 0 radical (unpaired) electrons. The van der Waals surface area contributed by atoms with Crippen LogP contribution in [0.25, 0.3) is 11.4 Å². The van der Waals surface area contributed by atoms with E-state index < -0.39 is 29.1 Å². The third-order valence-electron chi connectivity index (χ3n) is 10.3. The number of nitrogens with one attached hydrogen (secondary N) is 1. The lowest BCUT2D eigenvalue weighted by Crippen LogP contribution is -2.51. The van der Waals surface area contributed by atoms with Crippen molar-refractivity contribution in [3.8, 4) is 5.75 Å². The Morgan fingerprint density at radius 3 is 2.55 bits per heavy atom. The number of aromatic hydroxyl groups is 1. The molecule has 3 aromatic heterocycles. The first-order chi connectivity index (χ1) is 25.3. The molecule has 1 aromatic carbocycles. The predicted octanol–water partition coefficient (Wildman–Crippen LogP) is 4.36. The first kappa shape index (κ1) is 36.3. The van der Waals surface area contributed by atoms with Gasteiger partial charge in [0.15, 0.2) is 17.3 Å². The van der Waals surface area contributed by atoms with Gasteiger partial charge < -0.3 is 29.5 Å². The molecule has 1 saturated carbocycles. The summed E-state index contributed by atoms with van der Waals surface area (Å²) in [6, 6.07) is 2.66. The zero-order valence-electron chi connectivity index (χ0n) is 29.2. The normalized spacial score (nSPS) is 20.2. The second kappa shape index (κ2) is 14.1. The molecule has 1 aliphatic heterocycles. The number of fused-ring (bicyclic) bond motifs is 2. The molecular formula is C35H37ClF3N9O5. The number of alkyl halides is 3. The molecule has 2 fully saturated rings. The second-order valence-corrected chi connectivity index (χ2v) is 13.9. The maximum Gasteiger partial charge on any atom is 0.416 e. The first-order valence-electron chi connectivity index (χ1n) is 17.2. The fraction of sp³-hybridized carbons (Fsp3) is 0.457. The molecule has 0 spiro atoms. The Kier molecular flexibility index (Phi) is 9.65. The van der Waals surface area contributed by atoms with E-state index in [1.165, 1.54) is 15.7 Å². The molecule has 14 nitrogen and oxygen atoms in total. The quantitative estimate of drug-likeness (QED) is 0.265. The van der Waals surface area contributed by atoms with Crippen LogP contribution in [0.4, 0.5) is 24.5 Å². The highest BCUT2D eigenvalue weighted by Gasteiger charge is 2.39. The molecule has 7 rings (SSSR count). The highest BCUT2D eigenvalue weighted by Crippen LogP contribution is 2.46. The Morgan fingerprint density at radius 2 is 1.89 bits per heavy atom. The van der Waals surface area contributed by atoms with E-state index >= 15 is 0 Å². The van der Waals surface area contributed by atoms with Crippen molar-refractivity contribution in [1.82, 2.24) is 34.0 Å². The number of methoxy groups -OCH3 is 1. The third-order valence-corrected chi connectivity index (χ3v) is 10.7. The molecule has 4 aromatic rings. The Bertz CT molecular complexity index is 2200. The second-order valence-electron chi connectivity index (χ2n) is 13.5. The van der Waals surface area contributed by atoms with Gasteiger partial charge in [-0.05, 0) is 68.2 Å². The molecule has 4 heterocycles. The number of aromatic nitrogens is 6. The van der Waals surface area contributed by atoms with E-state index in [4.69, 9.17) is 21.3 Å². The van der Waals surface area contributed by atoms with Crippen molar-refractivity contribution in [2.45, 2.75) is 58.4 Å². The van der Waals surface area contributed by atoms with Crippen LogP contribution in [0.5, 0.6) is 5.75 Å². The lowest BCUT2D eigenvalue weighted by molar-refractivity contribution is -0.137. The van der Waals surface area contributed by atoms with Crippen molar-refractivity contribution in [3.05, 3.63) is 74.4 Å². The number of piperazine rings is 1. The first-order valence-corrected chi connectivity index (χ1v) is 17.6. The molecule has 2 amide bonds. The number of halogens is 4. The summed E-state index contributed by atoms with van der Waals surface area (Å²) < 4.78 is 48.1. The number of benzene rings is 1. The third kappa shape index (κ3) is 6.83. The molecular weight excluding hydrogens is 719 g/mol. The van der Waals surface area contributed by atoms with Gasteiger partial charge in [-0.1, -0.05) is 24.6 Å². The average Bonchev–Trinajstić information content (AvgIpc) is 3.85. The van der Waals surface area contributed by atoms with E-state index in [1.54, 1.807) is 18.6 Å². The van der Waals surface area contributed by atoms with E-state index in [2.05, 4.69) is 26.5 Å². The van der Waals surface area contributed by atoms with Crippen LogP contribution in [0.3, 0.4) is 0 Å². The minimum Gasteiger partial charge on any atom is -0.504 e. The molecule has 18 heteroatoms. The monoisotopic (exact) mass is 755 g/mol. The van der Waals surface area contributed by atoms with Gasteiger partial charge in [0.2, 0.25) is 11.7 Å². The van der Waals surface area contributed by atoms with Crippen molar-refractivity contribution >= 4 is 46.1 Å². The molecule has 3 aliphatic rings. The molecule has 53 heavy (non-hydrogen) atoms. The Balaban J connectivity index is 1.23. The molecule has 0 bridgehead atoms. The minimum atomic E-state index is -4.61. The molecule has 3 atom stereocenters. The van der Waals surface area contributed by atoms with Gasteiger partial charge in [0.1, 0.15) is 18.6 Å². The van der Waals surface area contributed by atoms with Gasteiger partial charge in [0.25, 0.3) is 11.5 Å². The lowest BCUT2D eigenvalue weighted by Gasteiger charge is -2.36. The van der Waals surface area contributed by atoms with Crippen molar-refractivity contribution in [1.29, 1.82) is 0 Å². The minimum absolute atomic E-state index is 0.00937. The number of carbonyl (C=O) groups is 2. The number of carbonyl (C=O) groups excluding carboxylic acids is 2. The van der Waals surface area contributed by atoms with E-state index in [9.17, 15) is 32.7 Å². The number of anilines is 2. The predicted molar refractivity (Wildman–Crippen MR) is 188 cm³/mol. The number of hydrogen-bond donors (Lipinski definition) is 2. The highest BCUT2D eigenvalue weighted by atomic mass is 35.5. The van der Waals surface area contributed by atoms with Gasteiger partial charge in [0, 0.05) is 33.3 Å². The summed E-state index contributed by atoms with van der Waals surface area (Å²) in [5, 5.41) is 17.4. The van der Waals surface area contributed by atoms with Crippen LogP contribution in [-0.4, -0.2) is 90.3 Å². The van der Waals surface area contributed by atoms with Gasteiger partial charge in [0.05, 0.1) is 33.8 Å². The van der Waals surface area contributed by atoms with Crippen molar-refractivity contribution < 1.29 is 32.6 Å². The average molecular weight is 756 g/mol. The zero-order chi connectivity index (χ0) is 37.8. The van der Waals surface area contributed by atoms with E-state index in [1.807, 2.05) is 11.8 Å². The van der Waals surface area contributed by atoms with Crippen molar-refractivity contribution in [2.75, 3.05) is 43.5 Å². The van der Waals surface area contributed by atoms with Crippen LogP contribution in [0.1, 0.15) is 59.5 Å². The Labute approximate surface area is 306 Å². The smallest absolute Gasteiger partial charge is 0.416 e. The fourth-order valence-electron chi connectivity index (χ4n) is 7.61. The number of ether oxygens (including phenoxy) is 1. The van der Waals surface area contributed by atoms with Crippen LogP contribution < -0.4 is 15.8 Å². The maximum absolute atomic E-state index is 14.3. The number of nitrogens with zero attached hydrogens (tertiary/aromatic N) is 8. The number of rotatable bonds is 8. The number of aryl methyl sites for hydroxylation is 1. The summed E-state index contributed by atoms with van der Waals surface area (Å²) in [6.07, 6.45) is 1.73. The molecule has 280 valence electrons. The Morgan fingerprint density at radius 1 is 1.13 bits per heavy atom. The van der Waals surface area contributed by atoms with Gasteiger partial charge in [-0.15, -0.1) is 5.10 Å². The maximum atomic E-state index is 14.3. The molecule has 3 unspecified atom stereocenters. The Hall–Kier alpha value is -5.03. The lowest BCUT2D eigenvalue weighted by atomic mass is 10.00. The molecule has 1 saturated heterocycles. The summed E-state index contributed by atoms with van der Waals surface area (Å²) in [4.78, 5) is 57.3. The number of hydrogen-bond acceptors (Lipinski definition) is 10. The van der Waals surface area contributed by atoms with Crippen LogP contribution in [-0.2, 0) is 28.7 Å². The largest absolute Gasteiger partial charge is 0.504 e. The number of amides is 2. The van der Waals surface area contributed by atoms with Crippen LogP contribution in [0.2, 0.25) is 5.02 Å². The van der Waals surface area contributed by atoms with Gasteiger partial charge in [-0.2, -0.15) is 22.7 Å². The van der Waals surface area contributed by atoms with E-state index in [-0.39, 0.29) is 78.1 Å². The zero-order valence-corrected chi connectivity index (χ0v) is 29.9. The molecule has 2 N–H and O–H groups in total. The van der Waals surface area contributed by atoms with E-state index in [0.717, 1.165) is 36.6 Å². The standard InChI is InChI=1S/C35H37ClF3N9O5/c1-4-26-29(45-7-9-46(10-8-45)32(51)28-30(50)18(2)40-17-41-28)33(52)48-34(43-31(44-48)21-11-19-13-23(53-3)14-20(19)12-21)47(26)16-27(49)42-25-6-5-22(15-24(25)36)35(37,38)39/h5-6,11,15,17,19-20,23,50H,4,7-10,12-14,16H2,1-3H3,(H,42,49). The summed E-state index contributed by atoms with van der Waals surface area (Å²) in [5.41, 5.74) is 0.428. The van der Waals surface area contributed by atoms with Crippen molar-refractivity contribution in [2.24, 2.45) is 11.8 Å². The SMILES string of the molecule is CCc1c(N2CCN(C(=O)c3ncnc(C)c3O)CC2)c(=O)n2nc(C3=CC4CC(OC)CC4C3)nc2n1CC(=O)Nc1ccc(C(F)(F)F)cc1Cl. The van der Waals surface area contributed by atoms with Gasteiger partial charge >= 0.3 is 6.18 Å². The number of allylic oxidation sites excluding steroid dienone is 2. The van der Waals surface area contributed by atoms with Crippen molar-refractivity contribution in [3.63, 3.8) is 0 Å². The van der Waals surface area contributed by atoms with Crippen LogP contribution in [0.15, 0.2) is 35.4 Å². The van der Waals surface area contributed by atoms with Gasteiger partial charge in [-0.3, -0.25) is 14.4 Å². The van der Waals surface area contributed by atoms with Crippen LogP contribution >= 0.6 is 11.6 Å². The summed E-state index contributed by atoms with van der Waals surface area (Å²) in [5.74, 6) is -0.198. The summed E-state index contributed by atoms with van der Waals surface area (Å²) in [6.45, 7) is 3.94. The highest BCUT2D eigenvalue weighted by molar-refractivity contribution is 6.33. The fourth-order valence-corrected chi connectivity index (χ4v) is 7.84. The topological polar surface area (TPSA) is 160 Å². The van der Waals surface area contributed by atoms with Gasteiger partial charge in [-0.25, -0.2) is 9.97 Å². The summed E-state index contributed by atoms with van der Waals surface area (Å²) >= 11 is 6.15. The van der Waals surface area contributed by atoms with E-state index in [0.29, 0.717) is 36.2 Å². The van der Waals surface area contributed by atoms with Crippen LogP contribution in [0, 0.1) is 18.8 Å².